The molecule has 0 aliphatic carbocycles. The van der Waals surface area contributed by atoms with Crippen molar-refractivity contribution < 1.29 is 38.9 Å². The molecule has 178 valence electrons. The molecule has 1 fully saturated rings. The molecule has 2 aliphatic heterocycles. The molecule has 1 unspecified atom stereocenters. The summed E-state index contributed by atoms with van der Waals surface area (Å²) >= 11 is 7.50. The van der Waals surface area contributed by atoms with Crippen molar-refractivity contribution in [2.24, 2.45) is 5.73 Å². The number of hydrogen-bond donors (Lipinski definition) is 4. The van der Waals surface area contributed by atoms with Gasteiger partial charge in [-0.05, 0) is 37.6 Å². The Bertz CT molecular complexity index is 836. The maximum atomic E-state index is 13.0. The lowest BCUT2D eigenvalue weighted by Gasteiger charge is -2.55. The number of carbonyl (C=O) groups is 4. The van der Waals surface area contributed by atoms with Crippen molar-refractivity contribution in [1.82, 2.24) is 10.2 Å². The zero-order valence-electron chi connectivity index (χ0n) is 17.5. The molecule has 0 aromatic carbocycles. The molecule has 2 rings (SSSR count). The fourth-order valence-electron chi connectivity index (χ4n) is 3.24. The second kappa shape index (κ2) is 11.3. The first kappa shape index (κ1) is 26.4. The summed E-state index contributed by atoms with van der Waals surface area (Å²) in [4.78, 5) is 49.2. The van der Waals surface area contributed by atoms with Crippen molar-refractivity contribution in [2.45, 2.75) is 43.3 Å². The maximum absolute atomic E-state index is 13.0. The average molecular weight is 508 g/mol. The monoisotopic (exact) mass is 507 g/mol. The molecule has 3 atom stereocenters. The van der Waals surface area contributed by atoms with Crippen molar-refractivity contribution >= 4 is 63.9 Å². The van der Waals surface area contributed by atoms with Crippen LogP contribution in [0.4, 0.5) is 0 Å². The minimum Gasteiger partial charge on any atom is -0.480 e. The molecule has 0 bridgehead atoms. The average Bonchev–Trinajstić information content (AvgIpc) is 2.74. The van der Waals surface area contributed by atoms with E-state index in [0.29, 0.717) is 17.9 Å². The molecule has 14 heteroatoms. The summed E-state index contributed by atoms with van der Waals surface area (Å²) in [6.07, 6.45) is 0.239. The van der Waals surface area contributed by atoms with Crippen LogP contribution in [0.5, 0.6) is 0 Å². The van der Waals surface area contributed by atoms with Crippen LogP contribution in [-0.2, 0) is 28.7 Å². The minimum atomic E-state index is -1.70. The van der Waals surface area contributed by atoms with Crippen molar-refractivity contribution in [3.8, 4) is 0 Å². The molecule has 32 heavy (non-hydrogen) atoms. The first-order chi connectivity index (χ1) is 15.1. The molecule has 0 radical (unpaired) electrons. The van der Waals surface area contributed by atoms with Gasteiger partial charge >= 0.3 is 11.9 Å². The van der Waals surface area contributed by atoms with Crippen molar-refractivity contribution in [2.75, 3.05) is 25.2 Å². The van der Waals surface area contributed by atoms with E-state index in [9.17, 15) is 24.3 Å². The van der Waals surface area contributed by atoms with E-state index in [1.165, 1.54) is 30.6 Å². The standard InChI is InChI=1S/C18H25N3O8S3/c1-3-29-17(30)32-8-9-7-31-16-18(28-2,15(27)21(16)12(9)14(25)26)20-11(22)6-4-5-10(19)13(23)24/h10,16H,3-8,19H2,1-2H3,(H,20,22)(H,23,24)(H,25,26)/t10?,16-,18-/m0/s1. The normalized spacial score (nSPS) is 23.2. The lowest BCUT2D eigenvalue weighted by Crippen LogP contribution is -2.80. The van der Waals surface area contributed by atoms with E-state index in [2.05, 4.69) is 5.32 Å². The molecule has 5 N–H and O–H groups in total. The van der Waals surface area contributed by atoms with Gasteiger partial charge in [-0.25, -0.2) is 4.79 Å². The predicted molar refractivity (Wildman–Crippen MR) is 122 cm³/mol. The third-order valence-corrected chi connectivity index (χ3v) is 7.51. The molecular weight excluding hydrogens is 482 g/mol. The van der Waals surface area contributed by atoms with Crippen LogP contribution >= 0.6 is 35.7 Å². The molecule has 0 spiro atoms. The second-order valence-corrected chi connectivity index (χ2v) is 9.54. The van der Waals surface area contributed by atoms with E-state index in [0.717, 1.165) is 4.90 Å². The fraction of sp³-hybridized carbons (Fsp3) is 0.611. The number of methoxy groups -OCH3 is 1. The Morgan fingerprint density at radius 1 is 1.44 bits per heavy atom. The SMILES string of the molecule is CCOC(=S)SCC1=C(C(=O)O)N2C(=O)[C@](NC(=O)CCCC(N)C(=O)O)(OC)[C@@H]2SC1. The quantitative estimate of drug-likeness (QED) is 0.172. The van der Waals surface area contributed by atoms with Crippen LogP contribution in [0.1, 0.15) is 26.2 Å². The number of carbonyl (C=O) groups excluding carboxylic acids is 2. The molecule has 2 aliphatic rings. The van der Waals surface area contributed by atoms with Crippen LogP contribution in [0.2, 0.25) is 0 Å². The Hall–Kier alpha value is -1.87. The van der Waals surface area contributed by atoms with E-state index in [-0.39, 0.29) is 35.1 Å². The van der Waals surface area contributed by atoms with Gasteiger partial charge in [-0.15, -0.1) is 11.8 Å². The zero-order chi connectivity index (χ0) is 24.1. The van der Waals surface area contributed by atoms with Crippen molar-refractivity contribution in [3.63, 3.8) is 0 Å². The first-order valence-electron chi connectivity index (χ1n) is 9.63. The van der Waals surface area contributed by atoms with E-state index >= 15 is 0 Å². The number of hydrogen-bond acceptors (Lipinski definition) is 10. The molecular formula is C18H25N3O8S3. The van der Waals surface area contributed by atoms with Gasteiger partial charge in [-0.1, -0.05) is 11.8 Å². The number of β-lactam (4-membered cyclic amide) rings is 1. The van der Waals surface area contributed by atoms with Crippen LogP contribution in [0, 0.1) is 0 Å². The number of nitrogens with zero attached hydrogens (tertiary/aromatic N) is 1. The number of aliphatic carboxylic acids is 2. The Morgan fingerprint density at radius 2 is 2.12 bits per heavy atom. The fourth-order valence-corrected chi connectivity index (χ4v) is 5.83. The summed E-state index contributed by atoms with van der Waals surface area (Å²) in [5.41, 5.74) is 4.08. The number of amides is 2. The van der Waals surface area contributed by atoms with Gasteiger partial charge < -0.3 is 30.7 Å². The number of thioether (sulfide) groups is 2. The van der Waals surface area contributed by atoms with Crippen LogP contribution in [0.3, 0.4) is 0 Å². The van der Waals surface area contributed by atoms with Gasteiger partial charge in [0, 0.05) is 25.0 Å². The number of fused-ring (bicyclic) bond motifs is 1. The summed E-state index contributed by atoms with van der Waals surface area (Å²) in [7, 11) is 1.26. The topological polar surface area (TPSA) is 168 Å². The lowest BCUT2D eigenvalue weighted by atomic mass is 9.98. The highest BCUT2D eigenvalue weighted by Crippen LogP contribution is 2.47. The number of nitrogens with two attached hydrogens (primary N) is 1. The Labute approximate surface area is 198 Å². The first-order valence-corrected chi connectivity index (χ1v) is 12.1. The predicted octanol–water partition coefficient (Wildman–Crippen LogP) is 0.336. The van der Waals surface area contributed by atoms with Crippen LogP contribution in [0.15, 0.2) is 11.3 Å². The summed E-state index contributed by atoms with van der Waals surface area (Å²) in [5, 5.41) is 20.3. The number of ether oxygens (including phenoxy) is 2. The molecule has 2 amide bonds. The lowest BCUT2D eigenvalue weighted by molar-refractivity contribution is -0.192. The number of thiocarbonyl (C=S) groups is 1. The van der Waals surface area contributed by atoms with Gasteiger partial charge in [-0.3, -0.25) is 19.3 Å². The number of carboxylic acids is 2. The van der Waals surface area contributed by atoms with Gasteiger partial charge in [0.25, 0.3) is 11.6 Å². The van der Waals surface area contributed by atoms with Crippen LogP contribution < -0.4 is 11.1 Å². The van der Waals surface area contributed by atoms with Gasteiger partial charge in [0.05, 0.1) is 6.61 Å². The third kappa shape index (κ3) is 5.54. The molecule has 2 heterocycles. The highest BCUT2D eigenvalue weighted by molar-refractivity contribution is 8.22. The summed E-state index contributed by atoms with van der Waals surface area (Å²) in [6.45, 7) is 2.18. The van der Waals surface area contributed by atoms with Crippen molar-refractivity contribution in [3.05, 3.63) is 11.3 Å². The van der Waals surface area contributed by atoms with E-state index in [1.807, 2.05) is 0 Å². The maximum Gasteiger partial charge on any atom is 0.352 e. The molecule has 0 aromatic heterocycles. The molecule has 0 aromatic rings. The summed E-state index contributed by atoms with van der Waals surface area (Å²) < 4.78 is 10.8. The number of nitrogens with one attached hydrogen (secondary N) is 1. The summed E-state index contributed by atoms with van der Waals surface area (Å²) in [6, 6.07) is -1.08. The highest BCUT2D eigenvalue weighted by atomic mass is 32.2. The summed E-state index contributed by atoms with van der Waals surface area (Å²) in [5.74, 6) is -3.10. The highest BCUT2D eigenvalue weighted by Gasteiger charge is 2.66. The van der Waals surface area contributed by atoms with Gasteiger partial charge in [-0.2, -0.15) is 0 Å². The van der Waals surface area contributed by atoms with E-state index in [4.69, 9.17) is 32.5 Å². The Balaban J connectivity index is 2.10. The Morgan fingerprint density at radius 3 is 2.69 bits per heavy atom. The van der Waals surface area contributed by atoms with Crippen LogP contribution in [-0.4, -0.2) is 85.6 Å². The van der Waals surface area contributed by atoms with Gasteiger partial charge in [0.1, 0.15) is 17.1 Å². The van der Waals surface area contributed by atoms with Crippen molar-refractivity contribution in [1.29, 1.82) is 0 Å². The largest absolute Gasteiger partial charge is 0.480 e. The van der Waals surface area contributed by atoms with Gasteiger partial charge in [0.15, 0.2) is 0 Å². The second-order valence-electron chi connectivity index (χ2n) is 6.89. The minimum absolute atomic E-state index is 0.0604. The number of rotatable bonds is 11. The molecule has 11 nitrogen and oxygen atoms in total. The van der Waals surface area contributed by atoms with E-state index < -0.39 is 40.9 Å². The zero-order valence-corrected chi connectivity index (χ0v) is 19.9. The Kier molecular flexibility index (Phi) is 9.33. The van der Waals surface area contributed by atoms with Crippen LogP contribution in [0.25, 0.3) is 0 Å². The third-order valence-electron chi connectivity index (χ3n) is 4.82. The molecule has 1 saturated heterocycles. The smallest absolute Gasteiger partial charge is 0.352 e. The number of carboxylic acid groups (broad SMARTS) is 2. The molecule has 0 saturated carbocycles. The van der Waals surface area contributed by atoms with E-state index in [1.54, 1.807) is 6.92 Å². The van der Waals surface area contributed by atoms with Gasteiger partial charge in [0.2, 0.25) is 10.3 Å².